The van der Waals surface area contributed by atoms with Gasteiger partial charge in [-0.2, -0.15) is 22.0 Å². The molecule has 1 rings (SSSR count). The van der Waals surface area contributed by atoms with Crippen molar-refractivity contribution in [3.63, 3.8) is 0 Å². The monoisotopic (exact) mass is 297 g/mol. The molecule has 0 radical (unpaired) electrons. The van der Waals surface area contributed by atoms with Crippen molar-refractivity contribution in [3.8, 4) is 0 Å². The lowest BCUT2D eigenvalue weighted by Gasteiger charge is -2.03. The van der Waals surface area contributed by atoms with Crippen molar-refractivity contribution in [3.05, 3.63) is 36.5 Å². The van der Waals surface area contributed by atoms with Crippen LogP contribution in [0.15, 0.2) is 41.4 Å². The van der Waals surface area contributed by atoms with Gasteiger partial charge in [0, 0.05) is 22.9 Å². The quantitative estimate of drug-likeness (QED) is 0.505. The minimum atomic E-state index is -4.91. The maximum absolute atomic E-state index is 12.0. The zero-order valence-corrected chi connectivity index (χ0v) is 10.1. The molecule has 0 atom stereocenters. The Kier molecular flexibility index (Phi) is 5.34. The normalized spacial score (nSPS) is 12.1. The van der Waals surface area contributed by atoms with E-state index in [1.807, 2.05) is 0 Å². The fourth-order valence-electron chi connectivity index (χ4n) is 1.04. The molecule has 1 aromatic rings. The first-order valence-electron chi connectivity index (χ1n) is 4.88. The van der Waals surface area contributed by atoms with E-state index in [1.54, 1.807) is 0 Å². The number of carbonyl (C=O) groups excluding carboxylic acids is 1. The number of nitrogens with one attached hydrogen (secondary N) is 1. The van der Waals surface area contributed by atoms with E-state index in [4.69, 9.17) is 0 Å². The molecular weight excluding hydrogens is 289 g/mol. The first kappa shape index (κ1) is 15.5. The van der Waals surface area contributed by atoms with Crippen LogP contribution < -0.4 is 5.32 Å². The molecule has 0 unspecified atom stereocenters. The van der Waals surface area contributed by atoms with Gasteiger partial charge in [-0.25, -0.2) is 0 Å². The number of alkyl halides is 5. The minimum absolute atomic E-state index is 0.330. The summed E-state index contributed by atoms with van der Waals surface area (Å²) in [5, 5.41) is 2.43. The van der Waals surface area contributed by atoms with Crippen LogP contribution in [-0.2, 0) is 4.79 Å². The van der Waals surface area contributed by atoms with Gasteiger partial charge in [-0.1, -0.05) is 11.8 Å². The van der Waals surface area contributed by atoms with Crippen LogP contribution in [0.1, 0.15) is 0 Å². The Bertz CT molecular complexity index is 455. The van der Waals surface area contributed by atoms with Crippen molar-refractivity contribution >= 4 is 23.2 Å². The Labute approximate surface area is 109 Å². The predicted octanol–water partition coefficient (Wildman–Crippen LogP) is 4.06. The van der Waals surface area contributed by atoms with Crippen LogP contribution in [0.4, 0.5) is 27.6 Å². The molecule has 0 saturated carbocycles. The van der Waals surface area contributed by atoms with Gasteiger partial charge in [0.2, 0.25) is 0 Å². The Morgan fingerprint density at radius 1 is 1.21 bits per heavy atom. The molecule has 0 heterocycles. The minimum Gasteiger partial charge on any atom is -0.362 e. The zero-order chi connectivity index (χ0) is 14.5. The third kappa shape index (κ3) is 5.73. The molecule has 104 valence electrons. The molecule has 0 aliphatic carbocycles. The maximum Gasteiger partial charge on any atom is 0.454 e. The third-order valence-electron chi connectivity index (χ3n) is 1.84. The number of ketones is 1. The van der Waals surface area contributed by atoms with Gasteiger partial charge >= 0.3 is 6.18 Å². The highest BCUT2D eigenvalue weighted by atomic mass is 32.2. The SMILES string of the molecule is O=C(C=CNc1ccc(SC(F)F)cc1)C(F)(F)F. The topological polar surface area (TPSA) is 29.1 Å². The van der Waals surface area contributed by atoms with Crippen molar-refractivity contribution in [1.82, 2.24) is 0 Å². The predicted molar refractivity (Wildman–Crippen MR) is 62.1 cm³/mol. The number of benzene rings is 1. The summed E-state index contributed by atoms with van der Waals surface area (Å²) in [6, 6.07) is 5.59. The molecule has 0 spiro atoms. The lowest BCUT2D eigenvalue weighted by molar-refractivity contribution is -0.165. The summed E-state index contributed by atoms with van der Waals surface area (Å²) in [5.74, 6) is -4.52. The van der Waals surface area contributed by atoms with Crippen molar-refractivity contribution in [1.29, 1.82) is 0 Å². The van der Waals surface area contributed by atoms with Gasteiger partial charge in [-0.15, -0.1) is 0 Å². The average molecular weight is 297 g/mol. The number of rotatable bonds is 5. The molecule has 19 heavy (non-hydrogen) atoms. The Morgan fingerprint density at radius 2 is 1.79 bits per heavy atom. The van der Waals surface area contributed by atoms with Gasteiger partial charge in [0.1, 0.15) is 0 Å². The van der Waals surface area contributed by atoms with E-state index in [0.29, 0.717) is 28.4 Å². The summed E-state index contributed by atoms with van der Waals surface area (Å²) in [5.41, 5.74) is 0.379. The van der Waals surface area contributed by atoms with Crippen molar-refractivity contribution in [2.45, 2.75) is 16.8 Å². The number of anilines is 1. The van der Waals surface area contributed by atoms with Crippen LogP contribution in [0.5, 0.6) is 0 Å². The second-order valence-corrected chi connectivity index (χ2v) is 4.31. The lowest BCUT2D eigenvalue weighted by Crippen LogP contribution is -2.20. The van der Waals surface area contributed by atoms with Crippen LogP contribution in [-0.4, -0.2) is 17.7 Å². The fraction of sp³-hybridized carbons (Fsp3) is 0.182. The summed E-state index contributed by atoms with van der Waals surface area (Å²) in [6.07, 6.45) is -3.72. The summed E-state index contributed by atoms with van der Waals surface area (Å²) >= 11 is 0.357. The van der Waals surface area contributed by atoms with Gasteiger partial charge < -0.3 is 5.32 Å². The van der Waals surface area contributed by atoms with Crippen molar-refractivity contribution in [2.24, 2.45) is 0 Å². The van der Waals surface area contributed by atoms with E-state index in [0.717, 1.165) is 6.20 Å². The van der Waals surface area contributed by atoms with Crippen molar-refractivity contribution < 1.29 is 26.7 Å². The molecule has 1 aromatic carbocycles. The first-order chi connectivity index (χ1) is 8.79. The highest BCUT2D eigenvalue weighted by Crippen LogP contribution is 2.26. The van der Waals surface area contributed by atoms with E-state index in [1.165, 1.54) is 24.3 Å². The summed E-state index contributed by atoms with van der Waals surface area (Å²) in [4.78, 5) is 10.8. The zero-order valence-electron chi connectivity index (χ0n) is 9.25. The Balaban J connectivity index is 2.55. The molecule has 8 heteroatoms. The van der Waals surface area contributed by atoms with E-state index in [2.05, 4.69) is 5.32 Å². The van der Waals surface area contributed by atoms with E-state index < -0.39 is 17.7 Å². The molecule has 2 nitrogen and oxygen atoms in total. The third-order valence-corrected chi connectivity index (χ3v) is 2.57. The number of hydrogen-bond acceptors (Lipinski definition) is 3. The number of carbonyl (C=O) groups is 1. The first-order valence-corrected chi connectivity index (χ1v) is 5.76. The van der Waals surface area contributed by atoms with E-state index >= 15 is 0 Å². The summed E-state index contributed by atoms with van der Waals surface area (Å²) < 4.78 is 59.6. The molecule has 0 fully saturated rings. The van der Waals surface area contributed by atoms with E-state index in [-0.39, 0.29) is 0 Å². The second-order valence-electron chi connectivity index (χ2n) is 3.24. The second kappa shape index (κ2) is 6.55. The highest BCUT2D eigenvalue weighted by Gasteiger charge is 2.35. The molecule has 0 bridgehead atoms. The molecule has 1 N–H and O–H groups in total. The lowest BCUT2D eigenvalue weighted by atomic mass is 10.3. The molecule has 0 aliphatic rings. The van der Waals surface area contributed by atoms with Gasteiger partial charge in [0.15, 0.2) is 0 Å². The average Bonchev–Trinajstić information content (AvgIpc) is 2.29. The standard InChI is InChI=1S/C11H8F5NOS/c12-10(13)19-8-3-1-7(2-4-8)17-6-5-9(18)11(14,15)16/h1-6,10,17H. The van der Waals surface area contributed by atoms with Gasteiger partial charge in [-0.3, -0.25) is 4.79 Å². The van der Waals surface area contributed by atoms with Gasteiger partial charge in [0.05, 0.1) is 0 Å². The van der Waals surface area contributed by atoms with Gasteiger partial charge in [0.25, 0.3) is 11.5 Å². The molecule has 0 saturated heterocycles. The fourth-order valence-corrected chi connectivity index (χ4v) is 1.54. The summed E-state index contributed by atoms with van der Waals surface area (Å²) in [7, 11) is 0. The van der Waals surface area contributed by atoms with Crippen LogP contribution in [0, 0.1) is 0 Å². The number of allylic oxidation sites excluding steroid dienone is 1. The van der Waals surface area contributed by atoms with Gasteiger partial charge in [-0.05, 0) is 24.3 Å². The number of thioether (sulfide) groups is 1. The molecule has 0 amide bonds. The summed E-state index contributed by atoms with van der Waals surface area (Å²) in [6.45, 7) is 0. The Morgan fingerprint density at radius 3 is 2.26 bits per heavy atom. The van der Waals surface area contributed by atoms with Crippen LogP contribution in [0.2, 0.25) is 0 Å². The molecule has 0 aliphatic heterocycles. The van der Waals surface area contributed by atoms with E-state index in [9.17, 15) is 26.7 Å². The largest absolute Gasteiger partial charge is 0.454 e. The smallest absolute Gasteiger partial charge is 0.362 e. The van der Waals surface area contributed by atoms with Crippen LogP contribution >= 0.6 is 11.8 Å². The molecular formula is C11H8F5NOS. The Hall–Kier alpha value is -1.57. The number of halogens is 5. The van der Waals surface area contributed by atoms with Crippen LogP contribution in [0.3, 0.4) is 0 Å². The maximum atomic E-state index is 12.0. The highest BCUT2D eigenvalue weighted by molar-refractivity contribution is 7.99. The van der Waals surface area contributed by atoms with Crippen molar-refractivity contribution in [2.75, 3.05) is 5.32 Å². The number of hydrogen-bond donors (Lipinski definition) is 1. The van der Waals surface area contributed by atoms with Crippen LogP contribution in [0.25, 0.3) is 0 Å². The molecule has 0 aromatic heterocycles.